The number of carboxylic acids is 1. The van der Waals surface area contributed by atoms with Crippen LogP contribution in [0.2, 0.25) is 0 Å². The summed E-state index contributed by atoms with van der Waals surface area (Å²) in [5, 5.41) is 13.0. The number of anilines is 1. The summed E-state index contributed by atoms with van der Waals surface area (Å²) in [5.74, 6) is -3.67. The van der Waals surface area contributed by atoms with E-state index in [0.717, 1.165) is 11.3 Å². The van der Waals surface area contributed by atoms with Gasteiger partial charge in [-0.3, -0.25) is 14.4 Å². The number of carbonyl (C=O) groups excluding carboxylic acids is 2. The molecule has 0 spiro atoms. The minimum absolute atomic E-state index is 0.0511. The van der Waals surface area contributed by atoms with Crippen LogP contribution < -0.4 is 5.32 Å². The van der Waals surface area contributed by atoms with E-state index in [0.29, 0.717) is 12.8 Å². The molecule has 104 valence electrons. The van der Waals surface area contributed by atoms with Crippen LogP contribution in [-0.4, -0.2) is 34.5 Å². The van der Waals surface area contributed by atoms with Gasteiger partial charge in [0.25, 0.3) is 0 Å². The number of aliphatic carboxylic acids is 1. The number of nitrogens with one attached hydrogen (secondary N) is 1. The summed E-state index contributed by atoms with van der Waals surface area (Å²) in [5.41, 5.74) is 0.0511. The highest BCUT2D eigenvalue weighted by atomic mass is 32.1. The second kappa shape index (κ2) is 6.83. The van der Waals surface area contributed by atoms with Gasteiger partial charge in [-0.05, 0) is 13.3 Å². The van der Waals surface area contributed by atoms with Crippen molar-refractivity contribution in [1.82, 2.24) is 4.98 Å². The highest BCUT2D eigenvalue weighted by molar-refractivity contribution is 7.13. The number of amides is 1. The van der Waals surface area contributed by atoms with Gasteiger partial charge in [-0.2, -0.15) is 0 Å². The SMILES string of the molecule is CCC(C)OC(=O)C(C(=O)O)c1csc(NC=O)n1. The molecule has 0 radical (unpaired) electrons. The zero-order valence-electron chi connectivity index (χ0n) is 10.5. The maximum absolute atomic E-state index is 11.8. The molecular weight excluding hydrogens is 272 g/mol. The summed E-state index contributed by atoms with van der Waals surface area (Å²) in [6.45, 7) is 3.50. The average Bonchev–Trinajstić information content (AvgIpc) is 2.77. The number of nitrogens with zero attached hydrogens (tertiary/aromatic N) is 1. The van der Waals surface area contributed by atoms with Crippen molar-refractivity contribution >= 4 is 34.8 Å². The fraction of sp³-hybridized carbons (Fsp3) is 0.455. The number of hydrogen-bond donors (Lipinski definition) is 2. The number of esters is 1. The lowest BCUT2D eigenvalue weighted by Gasteiger charge is -2.14. The molecule has 0 aliphatic heterocycles. The van der Waals surface area contributed by atoms with E-state index in [1.54, 1.807) is 6.92 Å². The molecule has 19 heavy (non-hydrogen) atoms. The largest absolute Gasteiger partial charge is 0.480 e. The molecule has 1 heterocycles. The van der Waals surface area contributed by atoms with E-state index in [1.165, 1.54) is 5.38 Å². The molecule has 1 rings (SSSR count). The smallest absolute Gasteiger partial charge is 0.326 e. The summed E-state index contributed by atoms with van der Waals surface area (Å²) in [7, 11) is 0. The molecule has 0 saturated heterocycles. The zero-order chi connectivity index (χ0) is 14.4. The van der Waals surface area contributed by atoms with E-state index in [4.69, 9.17) is 9.84 Å². The van der Waals surface area contributed by atoms with Gasteiger partial charge in [0.05, 0.1) is 11.8 Å². The first-order valence-corrected chi connectivity index (χ1v) is 6.46. The molecule has 1 aromatic rings. The lowest BCUT2D eigenvalue weighted by atomic mass is 10.1. The Labute approximate surface area is 113 Å². The molecule has 8 heteroatoms. The quantitative estimate of drug-likeness (QED) is 0.443. The second-order valence-electron chi connectivity index (χ2n) is 3.77. The number of carbonyl (C=O) groups is 3. The molecule has 0 aliphatic carbocycles. The normalized spacial score (nSPS) is 13.4. The highest BCUT2D eigenvalue weighted by Gasteiger charge is 2.33. The Morgan fingerprint density at radius 2 is 2.32 bits per heavy atom. The van der Waals surface area contributed by atoms with Gasteiger partial charge in [-0.1, -0.05) is 6.92 Å². The van der Waals surface area contributed by atoms with Crippen LogP contribution in [-0.2, 0) is 19.1 Å². The van der Waals surface area contributed by atoms with Crippen molar-refractivity contribution in [2.75, 3.05) is 5.32 Å². The van der Waals surface area contributed by atoms with Gasteiger partial charge in [0, 0.05) is 5.38 Å². The second-order valence-corrected chi connectivity index (χ2v) is 4.62. The number of rotatable bonds is 7. The van der Waals surface area contributed by atoms with Crippen LogP contribution in [0.1, 0.15) is 31.9 Å². The average molecular weight is 286 g/mol. The van der Waals surface area contributed by atoms with Crippen molar-refractivity contribution in [2.45, 2.75) is 32.3 Å². The molecule has 1 amide bonds. The molecule has 2 unspecified atom stereocenters. The minimum Gasteiger partial charge on any atom is -0.480 e. The third-order valence-electron chi connectivity index (χ3n) is 2.38. The van der Waals surface area contributed by atoms with Crippen molar-refractivity contribution in [2.24, 2.45) is 0 Å². The Balaban J connectivity index is 2.90. The van der Waals surface area contributed by atoms with Gasteiger partial charge in [0.15, 0.2) is 11.0 Å². The van der Waals surface area contributed by atoms with Crippen molar-refractivity contribution in [3.05, 3.63) is 11.1 Å². The van der Waals surface area contributed by atoms with E-state index in [2.05, 4.69) is 10.3 Å². The maximum Gasteiger partial charge on any atom is 0.326 e. The molecule has 0 aliphatic rings. The number of aromatic nitrogens is 1. The molecule has 7 nitrogen and oxygen atoms in total. The summed E-state index contributed by atoms with van der Waals surface area (Å²) in [6, 6.07) is 0. The molecule has 0 bridgehead atoms. The van der Waals surface area contributed by atoms with Crippen LogP contribution in [0.15, 0.2) is 5.38 Å². The molecule has 2 N–H and O–H groups in total. The lowest BCUT2D eigenvalue weighted by Crippen LogP contribution is -2.27. The Bertz CT molecular complexity index is 473. The number of ether oxygens (including phenoxy) is 1. The summed E-state index contributed by atoms with van der Waals surface area (Å²) in [6.07, 6.45) is 0.656. The van der Waals surface area contributed by atoms with Crippen molar-refractivity contribution in [3.8, 4) is 0 Å². The van der Waals surface area contributed by atoms with Gasteiger partial charge in [-0.15, -0.1) is 11.3 Å². The first kappa shape index (κ1) is 15.1. The van der Waals surface area contributed by atoms with Crippen LogP contribution in [0.3, 0.4) is 0 Å². The van der Waals surface area contributed by atoms with Gasteiger partial charge in [0.1, 0.15) is 0 Å². The van der Waals surface area contributed by atoms with Gasteiger partial charge in [-0.25, -0.2) is 4.98 Å². The van der Waals surface area contributed by atoms with Gasteiger partial charge < -0.3 is 15.2 Å². The monoisotopic (exact) mass is 286 g/mol. The van der Waals surface area contributed by atoms with Crippen LogP contribution >= 0.6 is 11.3 Å². The Morgan fingerprint density at radius 1 is 1.63 bits per heavy atom. The van der Waals surface area contributed by atoms with Crippen LogP contribution in [0.25, 0.3) is 0 Å². The van der Waals surface area contributed by atoms with Crippen molar-refractivity contribution < 1.29 is 24.2 Å². The van der Waals surface area contributed by atoms with Crippen LogP contribution in [0, 0.1) is 0 Å². The summed E-state index contributed by atoms with van der Waals surface area (Å²) in [4.78, 5) is 37.1. The van der Waals surface area contributed by atoms with E-state index >= 15 is 0 Å². The molecule has 0 aromatic carbocycles. The van der Waals surface area contributed by atoms with Crippen LogP contribution in [0.5, 0.6) is 0 Å². The summed E-state index contributed by atoms with van der Waals surface area (Å²) >= 11 is 1.04. The topological polar surface area (TPSA) is 106 Å². The summed E-state index contributed by atoms with van der Waals surface area (Å²) < 4.78 is 5.00. The molecule has 0 saturated carbocycles. The Hall–Kier alpha value is -1.96. The molecule has 2 atom stereocenters. The first-order valence-electron chi connectivity index (χ1n) is 5.58. The van der Waals surface area contributed by atoms with E-state index in [1.807, 2.05) is 6.92 Å². The molecule has 0 fully saturated rings. The minimum atomic E-state index is -1.48. The first-order chi connectivity index (χ1) is 8.99. The van der Waals surface area contributed by atoms with Gasteiger partial charge in [0.2, 0.25) is 6.41 Å². The van der Waals surface area contributed by atoms with Crippen LogP contribution in [0.4, 0.5) is 5.13 Å². The van der Waals surface area contributed by atoms with E-state index in [-0.39, 0.29) is 16.9 Å². The third-order valence-corrected chi connectivity index (χ3v) is 3.17. The van der Waals surface area contributed by atoms with Crippen molar-refractivity contribution in [3.63, 3.8) is 0 Å². The maximum atomic E-state index is 11.8. The van der Waals surface area contributed by atoms with Crippen molar-refractivity contribution in [1.29, 1.82) is 0 Å². The van der Waals surface area contributed by atoms with E-state index < -0.39 is 17.9 Å². The molecule has 1 aromatic heterocycles. The Kier molecular flexibility index (Phi) is 5.43. The number of thiazole rings is 1. The fourth-order valence-electron chi connectivity index (χ4n) is 1.23. The fourth-order valence-corrected chi connectivity index (χ4v) is 1.93. The zero-order valence-corrected chi connectivity index (χ0v) is 11.3. The predicted molar refractivity (Wildman–Crippen MR) is 68.0 cm³/mol. The van der Waals surface area contributed by atoms with Gasteiger partial charge >= 0.3 is 11.9 Å². The van der Waals surface area contributed by atoms with E-state index in [9.17, 15) is 14.4 Å². The lowest BCUT2D eigenvalue weighted by molar-refractivity contribution is -0.157. The standard InChI is InChI=1S/C11H14N2O5S/c1-3-6(2)18-10(17)8(9(15)16)7-4-19-11(13-7)12-5-14/h4-6,8H,3H2,1-2H3,(H,15,16)(H,12,13,14). The highest BCUT2D eigenvalue weighted by Crippen LogP contribution is 2.24. The molecular formula is C11H14N2O5S. The third kappa shape index (κ3) is 4.02. The number of carboxylic acid groups (broad SMARTS) is 1. The Morgan fingerprint density at radius 3 is 2.84 bits per heavy atom. The predicted octanol–water partition coefficient (Wildman–Crippen LogP) is 1.22. The number of hydrogen-bond acceptors (Lipinski definition) is 6.